The highest BCUT2D eigenvalue weighted by atomic mass is 16.3. The summed E-state index contributed by atoms with van der Waals surface area (Å²) in [6, 6.07) is 16.6. The second kappa shape index (κ2) is 3.49. The summed E-state index contributed by atoms with van der Waals surface area (Å²) in [5, 5.41) is 0. The van der Waals surface area contributed by atoms with E-state index in [-0.39, 0.29) is 0 Å². The highest BCUT2D eigenvalue weighted by Gasteiger charge is 2.07. The molecule has 2 aromatic carbocycles. The first-order valence-corrected chi connectivity index (χ1v) is 5.16. The molecule has 1 aromatic heterocycles. The molecule has 1 heterocycles. The summed E-state index contributed by atoms with van der Waals surface area (Å²) < 4.78 is 5.68. The van der Waals surface area contributed by atoms with Gasteiger partial charge in [-0.05, 0) is 42.8 Å². The maximum absolute atomic E-state index is 5.68. The molecular formula is C14H10NO. The molecule has 0 saturated heterocycles. The Labute approximate surface area is 93.5 Å². The third kappa shape index (κ3) is 1.48. The van der Waals surface area contributed by atoms with Crippen LogP contribution in [0, 0.1) is 13.0 Å². The molecule has 0 atom stereocenters. The van der Waals surface area contributed by atoms with Gasteiger partial charge in [0, 0.05) is 5.56 Å². The van der Waals surface area contributed by atoms with Crippen LogP contribution in [0.25, 0.3) is 22.6 Å². The smallest absolute Gasteiger partial charge is 0.227 e. The van der Waals surface area contributed by atoms with Crippen molar-refractivity contribution in [2.75, 3.05) is 0 Å². The standard InChI is InChI=1S/C14H10NO/c1-10-7-8-13-12(9-10)15-14(16-13)11-5-3-2-4-6-11/h2-3,5-9H,1H3. The van der Waals surface area contributed by atoms with Gasteiger partial charge in [0.25, 0.3) is 0 Å². The summed E-state index contributed by atoms with van der Waals surface area (Å²) in [4.78, 5) is 4.46. The van der Waals surface area contributed by atoms with Crippen LogP contribution in [-0.4, -0.2) is 4.98 Å². The number of hydrogen-bond acceptors (Lipinski definition) is 2. The second-order valence-electron chi connectivity index (χ2n) is 3.78. The van der Waals surface area contributed by atoms with Gasteiger partial charge in [-0.3, -0.25) is 0 Å². The SMILES string of the molecule is Cc1ccc2oc(-c3c[c]ccc3)nc2c1. The van der Waals surface area contributed by atoms with Crippen LogP contribution >= 0.6 is 0 Å². The van der Waals surface area contributed by atoms with Gasteiger partial charge in [-0.15, -0.1) is 0 Å². The van der Waals surface area contributed by atoms with E-state index in [4.69, 9.17) is 4.42 Å². The van der Waals surface area contributed by atoms with Gasteiger partial charge in [0.1, 0.15) is 5.52 Å². The van der Waals surface area contributed by atoms with Crippen LogP contribution in [0.1, 0.15) is 5.56 Å². The lowest BCUT2D eigenvalue weighted by atomic mass is 10.2. The predicted octanol–water partition coefficient (Wildman–Crippen LogP) is 3.60. The average molecular weight is 208 g/mol. The van der Waals surface area contributed by atoms with Gasteiger partial charge < -0.3 is 4.42 Å². The molecule has 3 rings (SSSR count). The summed E-state index contributed by atoms with van der Waals surface area (Å²) in [5.41, 5.74) is 3.87. The summed E-state index contributed by atoms with van der Waals surface area (Å²) in [7, 11) is 0. The molecule has 0 aliphatic carbocycles. The first-order valence-electron chi connectivity index (χ1n) is 5.16. The van der Waals surface area contributed by atoms with Crippen molar-refractivity contribution in [3.63, 3.8) is 0 Å². The molecule has 0 aliphatic heterocycles. The second-order valence-corrected chi connectivity index (χ2v) is 3.78. The summed E-state index contributed by atoms with van der Waals surface area (Å²) >= 11 is 0. The van der Waals surface area contributed by atoms with Crippen molar-refractivity contribution in [2.45, 2.75) is 6.92 Å². The Morgan fingerprint density at radius 3 is 3.00 bits per heavy atom. The average Bonchev–Trinajstić information content (AvgIpc) is 2.73. The Balaban J connectivity index is 2.19. The number of oxazole rings is 1. The summed E-state index contributed by atoms with van der Waals surface area (Å²) in [5.74, 6) is 0.650. The molecule has 2 nitrogen and oxygen atoms in total. The molecule has 0 unspecified atom stereocenters. The molecule has 2 heteroatoms. The Hall–Kier alpha value is -2.09. The largest absolute Gasteiger partial charge is 0.436 e. The lowest BCUT2D eigenvalue weighted by molar-refractivity contribution is 0.620. The van der Waals surface area contributed by atoms with E-state index in [9.17, 15) is 0 Å². The Bertz CT molecular complexity index is 626. The quantitative estimate of drug-likeness (QED) is 0.610. The number of hydrogen-bond donors (Lipinski definition) is 0. The number of aryl methyl sites for hydroxylation is 1. The molecule has 0 bridgehead atoms. The van der Waals surface area contributed by atoms with Gasteiger partial charge >= 0.3 is 0 Å². The van der Waals surface area contributed by atoms with Gasteiger partial charge in [-0.2, -0.15) is 0 Å². The maximum atomic E-state index is 5.68. The molecule has 0 spiro atoms. The van der Waals surface area contributed by atoms with E-state index in [0.717, 1.165) is 16.7 Å². The van der Waals surface area contributed by atoms with Crippen molar-refractivity contribution in [3.05, 3.63) is 54.1 Å². The van der Waals surface area contributed by atoms with Crippen molar-refractivity contribution in [3.8, 4) is 11.5 Å². The number of fused-ring (bicyclic) bond motifs is 1. The first-order chi connectivity index (χ1) is 7.83. The maximum Gasteiger partial charge on any atom is 0.227 e. The molecule has 1 radical (unpaired) electrons. The minimum absolute atomic E-state index is 0.650. The van der Waals surface area contributed by atoms with Gasteiger partial charge in [0.05, 0.1) is 0 Å². The van der Waals surface area contributed by atoms with Crippen molar-refractivity contribution >= 4 is 11.1 Å². The van der Waals surface area contributed by atoms with Gasteiger partial charge in [0.15, 0.2) is 5.58 Å². The van der Waals surface area contributed by atoms with Gasteiger partial charge in [-0.1, -0.05) is 18.2 Å². The molecule has 16 heavy (non-hydrogen) atoms. The lowest BCUT2D eigenvalue weighted by Gasteiger charge is -1.91. The first kappa shape index (κ1) is 9.16. The monoisotopic (exact) mass is 208 g/mol. The normalized spacial score (nSPS) is 10.8. The van der Waals surface area contributed by atoms with Crippen LogP contribution in [-0.2, 0) is 0 Å². The van der Waals surface area contributed by atoms with E-state index in [2.05, 4.69) is 11.1 Å². The van der Waals surface area contributed by atoms with Crippen LogP contribution < -0.4 is 0 Å². The Morgan fingerprint density at radius 1 is 1.25 bits per heavy atom. The number of rotatable bonds is 1. The fourth-order valence-corrected chi connectivity index (χ4v) is 1.69. The molecule has 0 fully saturated rings. The van der Waals surface area contributed by atoms with Crippen LogP contribution in [0.15, 0.2) is 46.9 Å². The van der Waals surface area contributed by atoms with E-state index < -0.39 is 0 Å². The zero-order valence-corrected chi connectivity index (χ0v) is 8.90. The van der Waals surface area contributed by atoms with Crippen molar-refractivity contribution in [1.29, 1.82) is 0 Å². The zero-order valence-electron chi connectivity index (χ0n) is 8.90. The summed E-state index contributed by atoms with van der Waals surface area (Å²) in [6.45, 7) is 2.05. The number of nitrogens with zero attached hydrogens (tertiary/aromatic N) is 1. The molecule has 0 N–H and O–H groups in total. The molecule has 3 aromatic rings. The minimum atomic E-state index is 0.650. The third-order valence-corrected chi connectivity index (χ3v) is 2.50. The molecule has 0 aliphatic rings. The minimum Gasteiger partial charge on any atom is -0.436 e. The highest BCUT2D eigenvalue weighted by Crippen LogP contribution is 2.24. The van der Waals surface area contributed by atoms with Crippen LogP contribution in [0.5, 0.6) is 0 Å². The molecule has 0 saturated carbocycles. The Morgan fingerprint density at radius 2 is 2.19 bits per heavy atom. The van der Waals surface area contributed by atoms with Crippen LogP contribution in [0.2, 0.25) is 0 Å². The van der Waals surface area contributed by atoms with E-state index in [1.165, 1.54) is 5.56 Å². The zero-order chi connectivity index (χ0) is 11.0. The topological polar surface area (TPSA) is 26.0 Å². The van der Waals surface area contributed by atoms with E-state index >= 15 is 0 Å². The van der Waals surface area contributed by atoms with Crippen molar-refractivity contribution in [1.82, 2.24) is 4.98 Å². The third-order valence-electron chi connectivity index (χ3n) is 2.50. The number of aromatic nitrogens is 1. The van der Waals surface area contributed by atoms with Gasteiger partial charge in [0.2, 0.25) is 5.89 Å². The Kier molecular flexibility index (Phi) is 2.00. The van der Waals surface area contributed by atoms with Gasteiger partial charge in [-0.25, -0.2) is 4.98 Å². The predicted molar refractivity (Wildman–Crippen MR) is 63.0 cm³/mol. The molecule has 77 valence electrons. The van der Waals surface area contributed by atoms with E-state index in [1.54, 1.807) is 0 Å². The number of benzene rings is 2. The molecular weight excluding hydrogens is 198 g/mol. The van der Waals surface area contributed by atoms with Crippen molar-refractivity contribution < 1.29 is 4.42 Å². The lowest BCUT2D eigenvalue weighted by Crippen LogP contribution is -1.75. The summed E-state index contributed by atoms with van der Waals surface area (Å²) in [6.07, 6.45) is 0. The molecule has 0 amide bonds. The fourth-order valence-electron chi connectivity index (χ4n) is 1.69. The van der Waals surface area contributed by atoms with E-state index in [0.29, 0.717) is 5.89 Å². The highest BCUT2D eigenvalue weighted by molar-refractivity contribution is 5.76. The van der Waals surface area contributed by atoms with Crippen LogP contribution in [0.3, 0.4) is 0 Å². The van der Waals surface area contributed by atoms with Crippen LogP contribution in [0.4, 0.5) is 0 Å². The fraction of sp³-hybridized carbons (Fsp3) is 0.0714. The van der Waals surface area contributed by atoms with Crippen molar-refractivity contribution in [2.24, 2.45) is 0 Å². The van der Waals surface area contributed by atoms with E-state index in [1.807, 2.05) is 49.4 Å².